The number of amides is 1. The fraction of sp³-hybridized carbons (Fsp3) is 0.440. The monoisotopic (exact) mass is 476 g/mol. The topological polar surface area (TPSA) is 48.5 Å². The van der Waals surface area contributed by atoms with E-state index in [0.29, 0.717) is 36.0 Å². The van der Waals surface area contributed by atoms with Gasteiger partial charge in [0.25, 0.3) is 17.9 Å². The smallest absolute Gasteiger partial charge is 0.269 e. The Labute approximate surface area is 196 Å². The standard InChI is InChI=1S/C25H28F4N4O/c1-2-17-6-7-19(20(16-17)32-12-8-18(9-13-32)23(26)27)24(34)31-21-4-3-5-22(30-21)33-14-10-25(28,29)11-15-33/h3-7,16H,2,8-15H2,1H3,(H,30,31,34). The summed E-state index contributed by atoms with van der Waals surface area (Å²) in [7, 11) is 0. The second kappa shape index (κ2) is 10.0. The summed E-state index contributed by atoms with van der Waals surface area (Å²) in [5, 5.41) is 2.82. The van der Waals surface area contributed by atoms with Crippen molar-refractivity contribution in [3.8, 4) is 0 Å². The van der Waals surface area contributed by atoms with Crippen LogP contribution in [0.5, 0.6) is 0 Å². The number of pyridine rings is 1. The Kier molecular flexibility index (Phi) is 7.09. The molecule has 1 aromatic carbocycles. The molecule has 1 N–H and O–H groups in total. The van der Waals surface area contributed by atoms with Gasteiger partial charge in [-0.3, -0.25) is 4.79 Å². The van der Waals surface area contributed by atoms with Gasteiger partial charge in [0.15, 0.2) is 0 Å². The van der Waals surface area contributed by atoms with E-state index in [1.807, 2.05) is 24.0 Å². The number of piperidine rings is 2. The average molecular weight is 477 g/mol. The summed E-state index contributed by atoms with van der Waals surface area (Å²) < 4.78 is 52.9. The lowest BCUT2D eigenvalue weighted by Gasteiger charge is -2.32. The van der Waals surface area contributed by atoms with E-state index < -0.39 is 12.0 Å². The lowest BCUT2D eigenvalue weighted by molar-refractivity contribution is -0.0221. The number of hydrogen-bond donors (Lipinski definition) is 1. The van der Waals surface area contributed by atoms with Crippen LogP contribution in [-0.2, 0) is 6.42 Å². The molecular formula is C25H28F4N4O. The van der Waals surface area contributed by atoms with E-state index in [9.17, 15) is 22.4 Å². The summed E-state index contributed by atoms with van der Waals surface area (Å²) in [6.45, 7) is 3.23. The van der Waals surface area contributed by atoms with Crippen LogP contribution in [0.3, 0.4) is 0 Å². The molecule has 2 saturated heterocycles. The second-order valence-electron chi connectivity index (χ2n) is 8.73. The first kappa shape index (κ1) is 24.0. The molecule has 0 aliphatic carbocycles. The molecule has 0 radical (unpaired) electrons. The van der Waals surface area contributed by atoms with E-state index >= 15 is 0 Å². The van der Waals surface area contributed by atoms with E-state index in [4.69, 9.17) is 0 Å². The van der Waals surface area contributed by atoms with Gasteiger partial charge in [0, 0.05) is 44.7 Å². The Morgan fingerprint density at radius 3 is 2.38 bits per heavy atom. The maximum absolute atomic E-state index is 13.5. The highest BCUT2D eigenvalue weighted by Crippen LogP contribution is 2.31. The fourth-order valence-corrected chi connectivity index (χ4v) is 4.37. The predicted octanol–water partition coefficient (Wildman–Crippen LogP) is 5.88. The summed E-state index contributed by atoms with van der Waals surface area (Å²) in [5.74, 6) is -2.14. The van der Waals surface area contributed by atoms with Crippen LogP contribution < -0.4 is 15.1 Å². The number of nitrogens with one attached hydrogen (secondary N) is 1. The van der Waals surface area contributed by atoms with Crippen molar-refractivity contribution < 1.29 is 22.4 Å². The van der Waals surface area contributed by atoms with Crippen molar-refractivity contribution in [2.45, 2.75) is 45.0 Å². The Morgan fingerprint density at radius 1 is 1.03 bits per heavy atom. The van der Waals surface area contributed by atoms with Crippen LogP contribution in [0.2, 0.25) is 0 Å². The third-order valence-electron chi connectivity index (χ3n) is 6.48. The summed E-state index contributed by atoms with van der Waals surface area (Å²) in [5.41, 5.74) is 2.37. The van der Waals surface area contributed by atoms with Crippen LogP contribution in [0.1, 0.15) is 48.5 Å². The molecule has 1 amide bonds. The average Bonchev–Trinajstić information content (AvgIpc) is 2.83. The van der Waals surface area contributed by atoms with Gasteiger partial charge in [-0.05, 0) is 54.7 Å². The van der Waals surface area contributed by atoms with Gasteiger partial charge in [0.1, 0.15) is 11.6 Å². The lowest BCUT2D eigenvalue weighted by Crippen LogP contribution is -2.39. The first-order chi connectivity index (χ1) is 16.3. The Hall–Kier alpha value is -3.10. The predicted molar refractivity (Wildman–Crippen MR) is 125 cm³/mol. The van der Waals surface area contributed by atoms with Crippen molar-refractivity contribution in [2.75, 3.05) is 41.3 Å². The number of anilines is 3. The van der Waals surface area contributed by atoms with Crippen molar-refractivity contribution in [1.82, 2.24) is 4.98 Å². The Balaban J connectivity index is 1.52. The molecule has 2 aliphatic rings. The molecule has 182 valence electrons. The van der Waals surface area contributed by atoms with Crippen molar-refractivity contribution in [3.63, 3.8) is 0 Å². The highest BCUT2D eigenvalue weighted by molar-refractivity contribution is 6.08. The number of carbonyl (C=O) groups excluding carboxylic acids is 1. The highest BCUT2D eigenvalue weighted by Gasteiger charge is 2.34. The van der Waals surface area contributed by atoms with Gasteiger partial charge in [-0.2, -0.15) is 8.78 Å². The number of halogens is 4. The Bertz CT molecular complexity index is 1060. The first-order valence-corrected chi connectivity index (χ1v) is 11.6. The van der Waals surface area contributed by atoms with Crippen LogP contribution in [0.4, 0.5) is 34.9 Å². The van der Waals surface area contributed by atoms with E-state index in [2.05, 4.69) is 10.3 Å². The number of aryl methyl sites for hydroxylation is 1. The second-order valence-corrected chi connectivity index (χ2v) is 8.73. The SMILES string of the molecule is CCc1ccc(C(=O)Nc2cccc(N3CCC(F)(F)CC3)n2)c(N2CCC(=C(F)F)CC2)c1. The zero-order valence-corrected chi connectivity index (χ0v) is 19.1. The molecule has 0 unspecified atom stereocenters. The van der Waals surface area contributed by atoms with Gasteiger partial charge in [0.2, 0.25) is 0 Å². The Morgan fingerprint density at radius 2 is 1.74 bits per heavy atom. The summed E-state index contributed by atoms with van der Waals surface area (Å²) >= 11 is 0. The zero-order valence-electron chi connectivity index (χ0n) is 19.1. The van der Waals surface area contributed by atoms with Crippen molar-refractivity contribution in [3.05, 3.63) is 59.2 Å². The molecule has 0 saturated carbocycles. The highest BCUT2D eigenvalue weighted by atomic mass is 19.3. The van der Waals surface area contributed by atoms with Crippen LogP contribution in [-0.4, -0.2) is 43.0 Å². The van der Waals surface area contributed by atoms with Crippen molar-refractivity contribution in [2.24, 2.45) is 0 Å². The number of benzene rings is 1. The number of hydrogen-bond acceptors (Lipinski definition) is 4. The van der Waals surface area contributed by atoms with Crippen molar-refractivity contribution in [1.29, 1.82) is 0 Å². The fourth-order valence-electron chi connectivity index (χ4n) is 4.37. The summed E-state index contributed by atoms with van der Waals surface area (Å²) in [4.78, 5) is 21.4. The molecule has 0 spiro atoms. The van der Waals surface area contributed by atoms with Crippen molar-refractivity contribution >= 4 is 23.2 Å². The number of aromatic nitrogens is 1. The van der Waals surface area contributed by atoms with E-state index in [-0.39, 0.29) is 50.3 Å². The van der Waals surface area contributed by atoms with Gasteiger partial charge >= 0.3 is 0 Å². The van der Waals surface area contributed by atoms with Gasteiger partial charge in [-0.15, -0.1) is 0 Å². The minimum atomic E-state index is -2.65. The van der Waals surface area contributed by atoms with Crippen LogP contribution >= 0.6 is 0 Å². The summed E-state index contributed by atoms with van der Waals surface area (Å²) in [6, 6.07) is 10.7. The normalized spacial score (nSPS) is 18.1. The zero-order chi connectivity index (χ0) is 24.3. The number of rotatable bonds is 5. The van der Waals surface area contributed by atoms with Crippen LogP contribution in [0.25, 0.3) is 0 Å². The van der Waals surface area contributed by atoms with Gasteiger partial charge in [-0.1, -0.05) is 19.1 Å². The number of alkyl halides is 2. The molecule has 2 fully saturated rings. The minimum Gasteiger partial charge on any atom is -0.370 e. The molecule has 4 rings (SSSR count). The minimum absolute atomic E-state index is 0.172. The van der Waals surface area contributed by atoms with Gasteiger partial charge in [0.05, 0.1) is 5.56 Å². The lowest BCUT2D eigenvalue weighted by atomic mass is 10.0. The van der Waals surface area contributed by atoms with E-state index in [1.165, 1.54) is 0 Å². The maximum atomic E-state index is 13.5. The first-order valence-electron chi connectivity index (χ1n) is 11.6. The van der Waals surface area contributed by atoms with E-state index in [1.54, 1.807) is 29.2 Å². The number of nitrogens with zero attached hydrogens (tertiary/aromatic N) is 3. The number of carbonyl (C=O) groups is 1. The summed E-state index contributed by atoms with van der Waals surface area (Å²) in [6.07, 6.45) is -0.750. The quantitative estimate of drug-likeness (QED) is 0.548. The molecule has 1 aromatic heterocycles. The maximum Gasteiger partial charge on any atom is 0.269 e. The van der Waals surface area contributed by atoms with E-state index in [0.717, 1.165) is 12.0 Å². The molecule has 0 bridgehead atoms. The molecule has 2 aliphatic heterocycles. The molecule has 9 heteroatoms. The molecule has 5 nitrogen and oxygen atoms in total. The molecule has 3 heterocycles. The van der Waals surface area contributed by atoms with Crippen LogP contribution in [0, 0.1) is 0 Å². The van der Waals surface area contributed by atoms with Gasteiger partial charge in [-0.25, -0.2) is 13.8 Å². The van der Waals surface area contributed by atoms with Gasteiger partial charge < -0.3 is 15.1 Å². The molecule has 34 heavy (non-hydrogen) atoms. The molecular weight excluding hydrogens is 448 g/mol. The van der Waals surface area contributed by atoms with Crippen LogP contribution in [0.15, 0.2) is 48.1 Å². The molecule has 0 atom stereocenters. The third-order valence-corrected chi connectivity index (χ3v) is 6.48. The largest absolute Gasteiger partial charge is 0.370 e. The third kappa shape index (κ3) is 5.51. The molecule has 2 aromatic rings.